The lowest BCUT2D eigenvalue weighted by Crippen LogP contribution is -2.48. The first-order valence-corrected chi connectivity index (χ1v) is 11.9. The van der Waals surface area contributed by atoms with E-state index in [0.29, 0.717) is 13.1 Å². The summed E-state index contributed by atoms with van der Waals surface area (Å²) < 4.78 is 11.0. The highest BCUT2D eigenvalue weighted by molar-refractivity contribution is 5.90. The van der Waals surface area contributed by atoms with Crippen LogP contribution in [0.2, 0.25) is 0 Å². The minimum Gasteiger partial charge on any atom is -0.462 e. The molecule has 0 radical (unpaired) electrons. The van der Waals surface area contributed by atoms with Crippen molar-refractivity contribution < 1.29 is 19.1 Å². The Labute approximate surface area is 195 Å². The first kappa shape index (κ1) is 23.6. The van der Waals surface area contributed by atoms with Gasteiger partial charge in [-0.05, 0) is 25.5 Å². The number of ether oxygens (including phenoxy) is 2. The summed E-state index contributed by atoms with van der Waals surface area (Å²) in [5, 5.41) is 4.16. The van der Waals surface area contributed by atoms with Crippen molar-refractivity contribution in [2.75, 3.05) is 52.5 Å². The fourth-order valence-electron chi connectivity index (χ4n) is 5.00. The van der Waals surface area contributed by atoms with Gasteiger partial charge in [0.1, 0.15) is 5.92 Å². The lowest BCUT2D eigenvalue weighted by atomic mass is 9.81. The van der Waals surface area contributed by atoms with Gasteiger partial charge in [-0.2, -0.15) is 0 Å². The SMILES string of the molecule is CC(C)OC(=O)C1CN(C(=O)NCCN2CCOCC2)CC(C)(C)c2c1[nH]c1ccccc21. The first-order chi connectivity index (χ1) is 15.8. The van der Waals surface area contributed by atoms with Crippen molar-refractivity contribution in [1.82, 2.24) is 20.1 Å². The van der Waals surface area contributed by atoms with Gasteiger partial charge in [-0.25, -0.2) is 4.79 Å². The van der Waals surface area contributed by atoms with Crippen LogP contribution in [-0.2, 0) is 19.7 Å². The predicted molar refractivity (Wildman–Crippen MR) is 128 cm³/mol. The number of aromatic amines is 1. The number of carbonyl (C=O) groups excluding carboxylic acids is 2. The zero-order valence-electron chi connectivity index (χ0n) is 20.1. The molecular formula is C25H36N4O4. The maximum atomic E-state index is 13.2. The molecule has 1 unspecified atom stereocenters. The number of H-pyrrole nitrogens is 1. The molecule has 1 atom stereocenters. The van der Waals surface area contributed by atoms with Crippen LogP contribution in [0.1, 0.15) is 44.9 Å². The zero-order valence-corrected chi connectivity index (χ0v) is 20.1. The molecule has 8 nitrogen and oxygen atoms in total. The molecule has 0 spiro atoms. The van der Waals surface area contributed by atoms with Gasteiger partial charge in [-0.1, -0.05) is 32.0 Å². The van der Waals surface area contributed by atoms with Crippen molar-refractivity contribution in [3.63, 3.8) is 0 Å². The van der Waals surface area contributed by atoms with Gasteiger partial charge in [-0.15, -0.1) is 0 Å². The van der Waals surface area contributed by atoms with E-state index in [1.807, 2.05) is 32.0 Å². The lowest BCUT2D eigenvalue weighted by molar-refractivity contribution is -0.149. The van der Waals surface area contributed by atoms with Crippen LogP contribution in [-0.4, -0.2) is 85.4 Å². The average Bonchev–Trinajstić information content (AvgIpc) is 3.11. The third-order valence-corrected chi connectivity index (χ3v) is 6.48. The number of carbonyl (C=O) groups is 2. The largest absolute Gasteiger partial charge is 0.462 e. The molecule has 2 aliphatic rings. The number of nitrogens with one attached hydrogen (secondary N) is 2. The topological polar surface area (TPSA) is 86.9 Å². The molecule has 1 fully saturated rings. The molecule has 2 aliphatic heterocycles. The molecular weight excluding hydrogens is 420 g/mol. The highest BCUT2D eigenvalue weighted by Gasteiger charge is 2.41. The molecule has 0 aliphatic carbocycles. The number of amides is 2. The highest BCUT2D eigenvalue weighted by Crippen LogP contribution is 2.41. The number of para-hydroxylation sites is 1. The minimum absolute atomic E-state index is 0.145. The number of morpholine rings is 1. The third kappa shape index (κ3) is 5.17. The zero-order chi connectivity index (χ0) is 23.6. The van der Waals surface area contributed by atoms with Gasteiger partial charge in [0.15, 0.2) is 0 Å². The molecule has 180 valence electrons. The standard InChI is InChI=1S/C25H36N4O4/c1-17(2)33-23(30)19-15-29(24(31)26-9-10-28-11-13-32-14-12-28)16-25(3,4)21-18-7-5-6-8-20(18)27-22(19)21/h5-8,17,19,27H,9-16H2,1-4H3,(H,26,31). The smallest absolute Gasteiger partial charge is 0.317 e. The van der Waals surface area contributed by atoms with Crippen molar-refractivity contribution in [3.05, 3.63) is 35.5 Å². The van der Waals surface area contributed by atoms with Gasteiger partial charge in [0.25, 0.3) is 0 Å². The molecule has 1 aromatic carbocycles. The van der Waals surface area contributed by atoms with Crippen molar-refractivity contribution in [1.29, 1.82) is 0 Å². The first-order valence-electron chi connectivity index (χ1n) is 11.9. The molecule has 2 N–H and O–H groups in total. The van der Waals surface area contributed by atoms with Crippen LogP contribution >= 0.6 is 0 Å². The second-order valence-corrected chi connectivity index (χ2v) is 9.95. The summed E-state index contributed by atoms with van der Waals surface area (Å²) in [7, 11) is 0. The minimum atomic E-state index is -0.568. The molecule has 4 rings (SSSR count). The predicted octanol–water partition coefficient (Wildman–Crippen LogP) is 2.84. The average molecular weight is 457 g/mol. The Morgan fingerprint density at radius 2 is 1.97 bits per heavy atom. The fourth-order valence-corrected chi connectivity index (χ4v) is 5.00. The van der Waals surface area contributed by atoms with E-state index in [1.165, 1.54) is 0 Å². The molecule has 0 bridgehead atoms. The number of aromatic nitrogens is 1. The van der Waals surface area contributed by atoms with Crippen LogP contribution in [0.5, 0.6) is 0 Å². The Morgan fingerprint density at radius 3 is 2.70 bits per heavy atom. The number of esters is 1. The lowest BCUT2D eigenvalue weighted by Gasteiger charge is -2.31. The van der Waals surface area contributed by atoms with Gasteiger partial charge >= 0.3 is 12.0 Å². The summed E-state index contributed by atoms with van der Waals surface area (Å²) >= 11 is 0. The quantitative estimate of drug-likeness (QED) is 0.676. The normalized spacial score (nSPS) is 21.0. The summed E-state index contributed by atoms with van der Waals surface area (Å²) in [6.07, 6.45) is -0.225. The van der Waals surface area contributed by atoms with Gasteiger partial charge < -0.3 is 24.7 Å². The fraction of sp³-hybridized carbons (Fsp3) is 0.600. The molecule has 33 heavy (non-hydrogen) atoms. The Hall–Kier alpha value is -2.58. The molecule has 2 amide bonds. The monoisotopic (exact) mass is 456 g/mol. The Bertz CT molecular complexity index is 993. The van der Waals surface area contributed by atoms with E-state index in [0.717, 1.165) is 55.0 Å². The number of urea groups is 1. The van der Waals surface area contributed by atoms with Crippen molar-refractivity contribution in [2.24, 2.45) is 0 Å². The molecule has 3 heterocycles. The van der Waals surface area contributed by atoms with Gasteiger partial charge in [0.05, 0.1) is 19.3 Å². The van der Waals surface area contributed by atoms with Gasteiger partial charge in [0.2, 0.25) is 0 Å². The third-order valence-electron chi connectivity index (χ3n) is 6.48. The van der Waals surface area contributed by atoms with E-state index in [4.69, 9.17) is 9.47 Å². The van der Waals surface area contributed by atoms with E-state index in [2.05, 4.69) is 35.1 Å². The summed E-state index contributed by atoms with van der Waals surface area (Å²) in [6.45, 7) is 13.3. The van der Waals surface area contributed by atoms with Crippen molar-refractivity contribution in [3.8, 4) is 0 Å². The Kier molecular flexibility index (Phi) is 6.95. The van der Waals surface area contributed by atoms with Crippen LogP contribution in [0.25, 0.3) is 10.9 Å². The maximum absolute atomic E-state index is 13.2. The van der Waals surface area contributed by atoms with Crippen LogP contribution in [0, 0.1) is 0 Å². The number of nitrogens with zero attached hydrogens (tertiary/aromatic N) is 2. The van der Waals surface area contributed by atoms with E-state index in [9.17, 15) is 9.59 Å². The maximum Gasteiger partial charge on any atom is 0.317 e. The van der Waals surface area contributed by atoms with Crippen molar-refractivity contribution in [2.45, 2.75) is 45.1 Å². The Morgan fingerprint density at radius 1 is 1.24 bits per heavy atom. The molecule has 1 aromatic heterocycles. The highest BCUT2D eigenvalue weighted by atomic mass is 16.5. The number of benzene rings is 1. The van der Waals surface area contributed by atoms with E-state index >= 15 is 0 Å². The van der Waals surface area contributed by atoms with Gasteiger partial charge in [0, 0.05) is 61.3 Å². The number of hydrogen-bond donors (Lipinski definition) is 2. The van der Waals surface area contributed by atoms with Crippen LogP contribution in [0.15, 0.2) is 24.3 Å². The second kappa shape index (κ2) is 9.73. The van der Waals surface area contributed by atoms with Crippen LogP contribution in [0.3, 0.4) is 0 Å². The molecule has 1 saturated heterocycles. The number of rotatable bonds is 5. The van der Waals surface area contributed by atoms with E-state index in [-0.39, 0.29) is 30.1 Å². The second-order valence-electron chi connectivity index (χ2n) is 9.95. The summed E-state index contributed by atoms with van der Waals surface area (Å²) in [5.74, 6) is -0.872. The van der Waals surface area contributed by atoms with Crippen molar-refractivity contribution >= 4 is 22.9 Å². The van der Waals surface area contributed by atoms with Gasteiger partial charge in [-0.3, -0.25) is 9.69 Å². The Balaban J connectivity index is 1.58. The molecule has 0 saturated carbocycles. The van der Waals surface area contributed by atoms with Crippen LogP contribution < -0.4 is 5.32 Å². The number of hydrogen-bond acceptors (Lipinski definition) is 5. The van der Waals surface area contributed by atoms with E-state index < -0.39 is 5.92 Å². The summed E-state index contributed by atoms with van der Waals surface area (Å²) in [6, 6.07) is 7.96. The number of fused-ring (bicyclic) bond motifs is 3. The van der Waals surface area contributed by atoms with Crippen LogP contribution in [0.4, 0.5) is 4.79 Å². The summed E-state index contributed by atoms with van der Waals surface area (Å²) in [5.41, 5.74) is 2.60. The summed E-state index contributed by atoms with van der Waals surface area (Å²) in [4.78, 5) is 33.9. The van der Waals surface area contributed by atoms with E-state index in [1.54, 1.807) is 4.90 Å². The molecule has 8 heteroatoms. The molecule has 2 aromatic rings.